The van der Waals surface area contributed by atoms with E-state index in [1.807, 2.05) is 37.3 Å². The van der Waals surface area contributed by atoms with Gasteiger partial charge in [0.05, 0.1) is 11.4 Å². The third kappa shape index (κ3) is 2.61. The summed E-state index contributed by atoms with van der Waals surface area (Å²) in [5.41, 5.74) is 11.1. The summed E-state index contributed by atoms with van der Waals surface area (Å²) in [6, 6.07) is 12.1. The van der Waals surface area contributed by atoms with Crippen LogP contribution < -0.4 is 11.1 Å². The summed E-state index contributed by atoms with van der Waals surface area (Å²) in [5.74, 6) is 0. The van der Waals surface area contributed by atoms with Crippen molar-refractivity contribution in [2.24, 2.45) is 0 Å². The van der Waals surface area contributed by atoms with E-state index in [0.29, 0.717) is 0 Å². The Balaban J connectivity index is 2.31. The van der Waals surface area contributed by atoms with Gasteiger partial charge in [-0.15, -0.1) is 0 Å². The SMILES string of the molecule is Cc1cc(Nc2cccc(C)c2N)ccc1Br. The predicted molar refractivity (Wildman–Crippen MR) is 77.8 cm³/mol. The molecule has 0 aliphatic rings. The summed E-state index contributed by atoms with van der Waals surface area (Å²) in [6.07, 6.45) is 0. The van der Waals surface area contributed by atoms with E-state index in [9.17, 15) is 0 Å². The van der Waals surface area contributed by atoms with Crippen molar-refractivity contribution in [3.63, 3.8) is 0 Å². The van der Waals surface area contributed by atoms with E-state index in [0.717, 1.165) is 27.1 Å². The van der Waals surface area contributed by atoms with Gasteiger partial charge in [-0.05, 0) is 49.2 Å². The third-order valence-electron chi connectivity index (χ3n) is 2.76. The average Bonchev–Trinajstić information content (AvgIpc) is 2.30. The molecule has 0 saturated heterocycles. The Morgan fingerprint density at radius 1 is 1.06 bits per heavy atom. The molecule has 0 saturated carbocycles. The lowest BCUT2D eigenvalue weighted by Crippen LogP contribution is -1.98. The molecule has 0 heterocycles. The van der Waals surface area contributed by atoms with E-state index in [4.69, 9.17) is 5.73 Å². The van der Waals surface area contributed by atoms with Gasteiger partial charge in [0, 0.05) is 10.2 Å². The molecule has 0 amide bonds. The number of rotatable bonds is 2. The monoisotopic (exact) mass is 290 g/mol. The van der Waals surface area contributed by atoms with Crippen LogP contribution in [0.2, 0.25) is 0 Å². The van der Waals surface area contributed by atoms with Crippen molar-refractivity contribution in [2.45, 2.75) is 13.8 Å². The molecule has 2 rings (SSSR count). The molecule has 0 spiro atoms. The average molecular weight is 291 g/mol. The molecule has 2 nitrogen and oxygen atoms in total. The number of nitrogen functional groups attached to an aromatic ring is 1. The van der Waals surface area contributed by atoms with Gasteiger partial charge in [-0.3, -0.25) is 0 Å². The Morgan fingerprint density at radius 2 is 1.82 bits per heavy atom. The predicted octanol–water partition coefficient (Wildman–Crippen LogP) is 4.39. The molecule has 3 N–H and O–H groups in total. The highest BCUT2D eigenvalue weighted by molar-refractivity contribution is 9.10. The van der Waals surface area contributed by atoms with Crippen molar-refractivity contribution in [3.05, 3.63) is 52.0 Å². The maximum Gasteiger partial charge on any atom is 0.0620 e. The maximum absolute atomic E-state index is 6.03. The number of hydrogen-bond donors (Lipinski definition) is 2. The van der Waals surface area contributed by atoms with Crippen LogP contribution in [0, 0.1) is 13.8 Å². The lowest BCUT2D eigenvalue weighted by molar-refractivity contribution is 1.40. The fourth-order valence-corrected chi connectivity index (χ4v) is 1.91. The van der Waals surface area contributed by atoms with Crippen LogP contribution in [0.15, 0.2) is 40.9 Å². The summed E-state index contributed by atoms with van der Waals surface area (Å²) in [6.45, 7) is 4.07. The molecule has 0 radical (unpaired) electrons. The number of halogens is 1. The van der Waals surface area contributed by atoms with Crippen molar-refractivity contribution in [2.75, 3.05) is 11.1 Å². The number of nitrogens with one attached hydrogen (secondary N) is 1. The van der Waals surface area contributed by atoms with E-state index in [1.54, 1.807) is 0 Å². The molecule has 2 aromatic rings. The number of hydrogen-bond acceptors (Lipinski definition) is 2. The van der Waals surface area contributed by atoms with Crippen LogP contribution in [0.5, 0.6) is 0 Å². The zero-order valence-electron chi connectivity index (χ0n) is 9.92. The molecule has 0 aliphatic heterocycles. The first-order chi connectivity index (χ1) is 8.08. The largest absolute Gasteiger partial charge is 0.397 e. The van der Waals surface area contributed by atoms with E-state index >= 15 is 0 Å². The van der Waals surface area contributed by atoms with Crippen LogP contribution in [0.3, 0.4) is 0 Å². The molecule has 0 aromatic heterocycles. The zero-order valence-corrected chi connectivity index (χ0v) is 11.5. The minimum Gasteiger partial charge on any atom is -0.397 e. The van der Waals surface area contributed by atoms with E-state index in [1.165, 1.54) is 5.56 Å². The van der Waals surface area contributed by atoms with Gasteiger partial charge in [-0.1, -0.05) is 28.1 Å². The second-order valence-corrected chi connectivity index (χ2v) is 4.98. The molecule has 88 valence electrons. The van der Waals surface area contributed by atoms with Crippen LogP contribution >= 0.6 is 15.9 Å². The van der Waals surface area contributed by atoms with E-state index < -0.39 is 0 Å². The standard InChI is InChI=1S/C14H15BrN2/c1-9-4-3-5-13(14(9)16)17-11-6-7-12(15)10(2)8-11/h3-8,17H,16H2,1-2H3. The van der Waals surface area contributed by atoms with E-state index in [2.05, 4.69) is 34.2 Å². The van der Waals surface area contributed by atoms with Crippen molar-refractivity contribution >= 4 is 33.0 Å². The van der Waals surface area contributed by atoms with Crippen LogP contribution in [0.1, 0.15) is 11.1 Å². The summed E-state index contributed by atoms with van der Waals surface area (Å²) >= 11 is 3.49. The number of aryl methyl sites for hydroxylation is 2. The zero-order chi connectivity index (χ0) is 12.4. The smallest absolute Gasteiger partial charge is 0.0620 e. The summed E-state index contributed by atoms with van der Waals surface area (Å²) in [4.78, 5) is 0. The Hall–Kier alpha value is -1.48. The third-order valence-corrected chi connectivity index (χ3v) is 3.65. The number of anilines is 3. The topological polar surface area (TPSA) is 38.0 Å². The highest BCUT2D eigenvalue weighted by Crippen LogP contribution is 2.27. The number of nitrogens with two attached hydrogens (primary N) is 1. The molecular formula is C14H15BrN2. The summed E-state index contributed by atoms with van der Waals surface area (Å²) < 4.78 is 1.11. The molecule has 0 aliphatic carbocycles. The summed E-state index contributed by atoms with van der Waals surface area (Å²) in [7, 11) is 0. The van der Waals surface area contributed by atoms with Crippen LogP contribution in [-0.2, 0) is 0 Å². The van der Waals surface area contributed by atoms with Gasteiger partial charge >= 0.3 is 0 Å². The van der Waals surface area contributed by atoms with Crippen molar-refractivity contribution in [1.82, 2.24) is 0 Å². The molecule has 3 heteroatoms. The van der Waals surface area contributed by atoms with Crippen LogP contribution in [0.4, 0.5) is 17.1 Å². The minimum atomic E-state index is 0.799. The molecular weight excluding hydrogens is 276 g/mol. The lowest BCUT2D eigenvalue weighted by atomic mass is 10.1. The van der Waals surface area contributed by atoms with Gasteiger partial charge in [-0.2, -0.15) is 0 Å². The van der Waals surface area contributed by atoms with Gasteiger partial charge in [0.2, 0.25) is 0 Å². The second kappa shape index (κ2) is 4.80. The van der Waals surface area contributed by atoms with Crippen molar-refractivity contribution in [3.8, 4) is 0 Å². The molecule has 0 fully saturated rings. The molecule has 2 aromatic carbocycles. The molecule has 0 atom stereocenters. The normalized spacial score (nSPS) is 10.3. The van der Waals surface area contributed by atoms with Gasteiger partial charge in [0.1, 0.15) is 0 Å². The fourth-order valence-electron chi connectivity index (χ4n) is 1.67. The molecule has 17 heavy (non-hydrogen) atoms. The fraction of sp³-hybridized carbons (Fsp3) is 0.143. The Kier molecular flexibility index (Phi) is 3.38. The van der Waals surface area contributed by atoms with Gasteiger partial charge in [0.25, 0.3) is 0 Å². The first-order valence-corrected chi connectivity index (χ1v) is 6.25. The van der Waals surface area contributed by atoms with Crippen molar-refractivity contribution < 1.29 is 0 Å². The van der Waals surface area contributed by atoms with Crippen molar-refractivity contribution in [1.29, 1.82) is 0 Å². The van der Waals surface area contributed by atoms with Gasteiger partial charge < -0.3 is 11.1 Å². The van der Waals surface area contributed by atoms with Gasteiger partial charge in [-0.25, -0.2) is 0 Å². The van der Waals surface area contributed by atoms with Crippen LogP contribution in [-0.4, -0.2) is 0 Å². The Bertz CT molecular complexity index is 550. The van der Waals surface area contributed by atoms with E-state index in [-0.39, 0.29) is 0 Å². The first kappa shape index (κ1) is 12.0. The highest BCUT2D eigenvalue weighted by Gasteiger charge is 2.02. The lowest BCUT2D eigenvalue weighted by Gasteiger charge is -2.12. The Labute approximate surface area is 110 Å². The second-order valence-electron chi connectivity index (χ2n) is 4.13. The first-order valence-electron chi connectivity index (χ1n) is 5.46. The Morgan fingerprint density at radius 3 is 2.53 bits per heavy atom. The highest BCUT2D eigenvalue weighted by atomic mass is 79.9. The maximum atomic E-state index is 6.03. The molecule has 0 bridgehead atoms. The molecule has 0 unspecified atom stereocenters. The quantitative estimate of drug-likeness (QED) is 0.805. The van der Waals surface area contributed by atoms with Gasteiger partial charge in [0.15, 0.2) is 0 Å². The number of para-hydroxylation sites is 1. The summed E-state index contributed by atoms with van der Waals surface area (Å²) in [5, 5.41) is 3.34. The number of benzene rings is 2. The van der Waals surface area contributed by atoms with Crippen LogP contribution in [0.25, 0.3) is 0 Å². The minimum absolute atomic E-state index is 0.799.